The maximum atomic E-state index is 5.85. The van der Waals surface area contributed by atoms with Gasteiger partial charge in [-0.15, -0.1) is 11.3 Å². The fourth-order valence-corrected chi connectivity index (χ4v) is 2.83. The van der Waals surface area contributed by atoms with Crippen LogP contribution in [-0.4, -0.2) is 4.98 Å². The van der Waals surface area contributed by atoms with E-state index in [4.69, 9.17) is 11.6 Å². The second-order valence-electron chi connectivity index (χ2n) is 4.04. The third-order valence-electron chi connectivity index (χ3n) is 2.72. The van der Waals surface area contributed by atoms with Gasteiger partial charge in [0.15, 0.2) is 0 Å². The number of hydrogen-bond donors (Lipinski definition) is 0. The zero-order valence-corrected chi connectivity index (χ0v) is 10.8. The summed E-state index contributed by atoms with van der Waals surface area (Å²) in [5.41, 5.74) is 2.40. The number of benzene rings is 2. The van der Waals surface area contributed by atoms with Gasteiger partial charge in [0.25, 0.3) is 0 Å². The van der Waals surface area contributed by atoms with E-state index in [1.54, 1.807) is 11.3 Å². The first kappa shape index (κ1) is 10.8. The maximum absolute atomic E-state index is 5.85. The minimum atomic E-state index is 0.564. The molecular formula is C14H10ClNS. The summed E-state index contributed by atoms with van der Waals surface area (Å²) in [7, 11) is 0. The Balaban J connectivity index is 2.16. The molecule has 84 valence electrons. The molecule has 0 bridgehead atoms. The van der Waals surface area contributed by atoms with Crippen LogP contribution in [0, 0.1) is 6.92 Å². The van der Waals surface area contributed by atoms with Crippen LogP contribution in [-0.2, 0) is 0 Å². The van der Waals surface area contributed by atoms with Gasteiger partial charge in [0.1, 0.15) is 10.2 Å². The molecule has 0 atom stereocenters. The summed E-state index contributed by atoms with van der Waals surface area (Å²) in [4.78, 5) is 4.29. The highest BCUT2D eigenvalue weighted by atomic mass is 35.5. The third-order valence-corrected chi connectivity index (χ3v) is 3.93. The van der Waals surface area contributed by atoms with Crippen LogP contribution in [0.5, 0.6) is 0 Å². The number of aryl methyl sites for hydroxylation is 1. The van der Waals surface area contributed by atoms with Crippen molar-refractivity contribution >= 4 is 33.7 Å². The fourth-order valence-electron chi connectivity index (χ4n) is 1.88. The summed E-state index contributed by atoms with van der Waals surface area (Å²) in [6.07, 6.45) is 0. The van der Waals surface area contributed by atoms with Gasteiger partial charge in [0, 0.05) is 10.9 Å². The Hall–Kier alpha value is -1.38. The molecule has 0 saturated carbocycles. The van der Waals surface area contributed by atoms with Crippen molar-refractivity contribution in [1.82, 2.24) is 4.98 Å². The predicted octanol–water partition coefficient (Wildman–Crippen LogP) is 4.93. The first-order valence-electron chi connectivity index (χ1n) is 5.34. The van der Waals surface area contributed by atoms with E-state index in [-0.39, 0.29) is 0 Å². The topological polar surface area (TPSA) is 12.9 Å². The second kappa shape index (κ2) is 4.13. The van der Waals surface area contributed by atoms with Crippen LogP contribution in [0.2, 0.25) is 5.15 Å². The molecule has 0 unspecified atom stereocenters. The van der Waals surface area contributed by atoms with Crippen LogP contribution in [0.15, 0.2) is 41.8 Å². The quantitative estimate of drug-likeness (QED) is 0.604. The summed E-state index contributed by atoms with van der Waals surface area (Å²) < 4.78 is 0. The molecule has 1 nitrogen and oxygen atoms in total. The van der Waals surface area contributed by atoms with E-state index in [2.05, 4.69) is 48.3 Å². The van der Waals surface area contributed by atoms with Crippen molar-refractivity contribution in [3.63, 3.8) is 0 Å². The van der Waals surface area contributed by atoms with Gasteiger partial charge in [-0.3, -0.25) is 0 Å². The zero-order valence-electron chi connectivity index (χ0n) is 9.27. The SMILES string of the molecule is Cc1ccc2cc(-c3nc(Cl)cs3)ccc2c1. The van der Waals surface area contributed by atoms with E-state index >= 15 is 0 Å². The molecule has 1 heterocycles. The Morgan fingerprint density at radius 2 is 1.82 bits per heavy atom. The lowest BCUT2D eigenvalue weighted by Crippen LogP contribution is -1.79. The monoisotopic (exact) mass is 259 g/mol. The lowest BCUT2D eigenvalue weighted by Gasteiger charge is -2.02. The summed E-state index contributed by atoms with van der Waals surface area (Å²) in [6, 6.07) is 12.8. The highest BCUT2D eigenvalue weighted by molar-refractivity contribution is 7.13. The van der Waals surface area contributed by atoms with Crippen molar-refractivity contribution in [1.29, 1.82) is 0 Å². The Morgan fingerprint density at radius 1 is 1.06 bits per heavy atom. The molecule has 0 N–H and O–H groups in total. The van der Waals surface area contributed by atoms with Crippen molar-refractivity contribution in [3.8, 4) is 10.6 Å². The summed E-state index contributed by atoms with van der Waals surface area (Å²) in [5, 5.41) is 5.89. The average molecular weight is 260 g/mol. The smallest absolute Gasteiger partial charge is 0.140 e. The van der Waals surface area contributed by atoms with Gasteiger partial charge in [0.2, 0.25) is 0 Å². The van der Waals surface area contributed by atoms with E-state index in [0.717, 1.165) is 10.6 Å². The number of hydrogen-bond acceptors (Lipinski definition) is 2. The van der Waals surface area contributed by atoms with Crippen molar-refractivity contribution in [2.45, 2.75) is 6.92 Å². The Kier molecular flexibility index (Phi) is 2.61. The van der Waals surface area contributed by atoms with Crippen LogP contribution >= 0.6 is 22.9 Å². The largest absolute Gasteiger partial charge is 0.224 e. The molecule has 0 amide bonds. The molecule has 0 aliphatic carbocycles. The number of rotatable bonds is 1. The number of fused-ring (bicyclic) bond motifs is 1. The first-order valence-corrected chi connectivity index (χ1v) is 6.60. The number of halogens is 1. The Morgan fingerprint density at radius 3 is 2.59 bits per heavy atom. The lowest BCUT2D eigenvalue weighted by molar-refractivity contribution is 1.42. The Bertz CT molecular complexity index is 688. The number of nitrogens with zero attached hydrogens (tertiary/aromatic N) is 1. The molecule has 0 aliphatic heterocycles. The van der Waals surface area contributed by atoms with E-state index in [1.807, 2.05) is 5.38 Å². The molecule has 0 spiro atoms. The van der Waals surface area contributed by atoms with Crippen LogP contribution in [0.25, 0.3) is 21.3 Å². The van der Waals surface area contributed by atoms with Crippen LogP contribution < -0.4 is 0 Å². The van der Waals surface area contributed by atoms with Crippen LogP contribution in [0.1, 0.15) is 5.56 Å². The summed E-state index contributed by atoms with van der Waals surface area (Å²) >= 11 is 7.42. The summed E-state index contributed by atoms with van der Waals surface area (Å²) in [6.45, 7) is 2.11. The number of thiazole rings is 1. The van der Waals surface area contributed by atoms with Crippen molar-refractivity contribution in [3.05, 3.63) is 52.5 Å². The molecular weight excluding hydrogens is 250 g/mol. The van der Waals surface area contributed by atoms with Crippen molar-refractivity contribution in [2.75, 3.05) is 0 Å². The van der Waals surface area contributed by atoms with Gasteiger partial charge < -0.3 is 0 Å². The van der Waals surface area contributed by atoms with Gasteiger partial charge in [-0.05, 0) is 23.8 Å². The van der Waals surface area contributed by atoms with E-state index in [0.29, 0.717) is 5.15 Å². The highest BCUT2D eigenvalue weighted by Gasteiger charge is 2.04. The number of aromatic nitrogens is 1. The molecule has 1 aromatic heterocycles. The average Bonchev–Trinajstić information content (AvgIpc) is 2.75. The van der Waals surface area contributed by atoms with E-state index in [9.17, 15) is 0 Å². The van der Waals surface area contributed by atoms with Crippen molar-refractivity contribution in [2.24, 2.45) is 0 Å². The van der Waals surface area contributed by atoms with E-state index < -0.39 is 0 Å². The zero-order chi connectivity index (χ0) is 11.8. The molecule has 0 radical (unpaired) electrons. The molecule has 3 rings (SSSR count). The molecule has 2 aromatic carbocycles. The molecule has 0 saturated heterocycles. The molecule has 0 fully saturated rings. The minimum absolute atomic E-state index is 0.564. The Labute approximate surface area is 109 Å². The van der Waals surface area contributed by atoms with Gasteiger partial charge in [0.05, 0.1) is 0 Å². The maximum Gasteiger partial charge on any atom is 0.140 e. The predicted molar refractivity (Wildman–Crippen MR) is 74.8 cm³/mol. The standard InChI is InChI=1S/C14H10ClNS/c1-9-2-3-11-7-12(5-4-10(11)6-9)14-16-13(15)8-17-14/h2-8H,1H3. The van der Waals surface area contributed by atoms with Gasteiger partial charge >= 0.3 is 0 Å². The van der Waals surface area contributed by atoms with Gasteiger partial charge in [-0.1, -0.05) is 47.5 Å². The van der Waals surface area contributed by atoms with E-state index in [1.165, 1.54) is 16.3 Å². The summed E-state index contributed by atoms with van der Waals surface area (Å²) in [5.74, 6) is 0. The third kappa shape index (κ3) is 2.06. The normalized spacial score (nSPS) is 10.9. The first-order chi connectivity index (χ1) is 8.22. The van der Waals surface area contributed by atoms with Gasteiger partial charge in [-0.25, -0.2) is 4.98 Å². The second-order valence-corrected chi connectivity index (χ2v) is 5.29. The minimum Gasteiger partial charge on any atom is -0.224 e. The highest BCUT2D eigenvalue weighted by Crippen LogP contribution is 2.28. The molecule has 3 aromatic rings. The lowest BCUT2D eigenvalue weighted by atomic mass is 10.1. The molecule has 3 heteroatoms. The molecule has 0 aliphatic rings. The van der Waals surface area contributed by atoms with Crippen LogP contribution in [0.3, 0.4) is 0 Å². The van der Waals surface area contributed by atoms with Gasteiger partial charge in [-0.2, -0.15) is 0 Å². The molecule has 17 heavy (non-hydrogen) atoms. The van der Waals surface area contributed by atoms with Crippen molar-refractivity contribution < 1.29 is 0 Å². The van der Waals surface area contributed by atoms with Crippen LogP contribution in [0.4, 0.5) is 0 Å². The fraction of sp³-hybridized carbons (Fsp3) is 0.0714.